The molecule has 0 spiro atoms. The highest BCUT2D eigenvalue weighted by Gasteiger charge is 2.28. The Bertz CT molecular complexity index is 1060. The quantitative estimate of drug-likeness (QED) is 0.562. The van der Waals surface area contributed by atoms with E-state index < -0.39 is 0 Å². The van der Waals surface area contributed by atoms with E-state index in [1.165, 1.54) is 0 Å². The number of halogens is 1. The molecule has 3 aromatic rings. The molecule has 2 aromatic carbocycles. The molecule has 0 bridgehead atoms. The molecule has 7 nitrogen and oxygen atoms in total. The van der Waals surface area contributed by atoms with Crippen molar-refractivity contribution in [3.05, 3.63) is 52.5 Å². The zero-order chi connectivity index (χ0) is 21.8. The number of anilines is 1. The van der Waals surface area contributed by atoms with Gasteiger partial charge >= 0.3 is 6.03 Å². The first-order valence-corrected chi connectivity index (χ1v) is 11.1. The summed E-state index contributed by atoms with van der Waals surface area (Å²) in [6.45, 7) is 1.28. The van der Waals surface area contributed by atoms with Crippen LogP contribution in [0.4, 0.5) is 10.5 Å². The van der Waals surface area contributed by atoms with Gasteiger partial charge in [-0.15, -0.1) is 10.2 Å². The smallest absolute Gasteiger partial charge is 0.321 e. The van der Waals surface area contributed by atoms with Crippen molar-refractivity contribution in [3.8, 4) is 22.1 Å². The van der Waals surface area contributed by atoms with Gasteiger partial charge in [-0.2, -0.15) is 0 Å². The summed E-state index contributed by atoms with van der Waals surface area (Å²) >= 11 is 7.65. The summed E-state index contributed by atoms with van der Waals surface area (Å²) < 4.78 is 10.5. The van der Waals surface area contributed by atoms with Crippen LogP contribution in [0.25, 0.3) is 10.6 Å². The maximum atomic E-state index is 12.9. The van der Waals surface area contributed by atoms with Gasteiger partial charge in [0.25, 0.3) is 0 Å². The van der Waals surface area contributed by atoms with Crippen LogP contribution in [0, 0.1) is 0 Å². The number of nitrogens with one attached hydrogen (secondary N) is 1. The molecule has 0 saturated carbocycles. The van der Waals surface area contributed by atoms with Crippen molar-refractivity contribution >= 4 is 34.7 Å². The van der Waals surface area contributed by atoms with Gasteiger partial charge in [-0.1, -0.05) is 22.9 Å². The molecule has 4 rings (SSSR count). The number of piperidine rings is 1. The van der Waals surface area contributed by atoms with Crippen LogP contribution in [-0.2, 0) is 0 Å². The number of aromatic nitrogens is 2. The number of carbonyl (C=O) groups excluding carboxylic acids is 1. The van der Waals surface area contributed by atoms with Crippen LogP contribution >= 0.6 is 22.9 Å². The van der Waals surface area contributed by atoms with E-state index >= 15 is 0 Å². The molecule has 2 amide bonds. The van der Waals surface area contributed by atoms with Crippen LogP contribution in [0.1, 0.15) is 23.8 Å². The molecule has 9 heteroatoms. The summed E-state index contributed by atoms with van der Waals surface area (Å²) in [5.74, 6) is 1.53. The molecule has 1 unspecified atom stereocenters. The van der Waals surface area contributed by atoms with Gasteiger partial charge in [0.1, 0.15) is 21.5 Å². The molecule has 31 heavy (non-hydrogen) atoms. The lowest BCUT2D eigenvalue weighted by Gasteiger charge is -2.31. The Kier molecular flexibility index (Phi) is 6.58. The van der Waals surface area contributed by atoms with Gasteiger partial charge in [0.05, 0.1) is 19.9 Å². The maximum absolute atomic E-state index is 12.9. The molecule has 1 aromatic heterocycles. The Labute approximate surface area is 190 Å². The van der Waals surface area contributed by atoms with E-state index in [0.717, 1.165) is 34.2 Å². The normalized spacial score (nSPS) is 16.1. The first-order valence-electron chi connectivity index (χ1n) is 9.94. The number of benzene rings is 2. The fraction of sp³-hybridized carbons (Fsp3) is 0.318. The second-order valence-electron chi connectivity index (χ2n) is 7.23. The molecule has 1 atom stereocenters. The summed E-state index contributed by atoms with van der Waals surface area (Å²) in [6.07, 6.45) is 1.88. The van der Waals surface area contributed by atoms with Crippen molar-refractivity contribution in [1.29, 1.82) is 0 Å². The third kappa shape index (κ3) is 4.91. The topological polar surface area (TPSA) is 76.6 Å². The third-order valence-electron chi connectivity index (χ3n) is 5.24. The van der Waals surface area contributed by atoms with Crippen LogP contribution in [0.5, 0.6) is 11.5 Å². The maximum Gasteiger partial charge on any atom is 0.321 e. The summed E-state index contributed by atoms with van der Waals surface area (Å²) in [5.41, 5.74) is 1.56. The number of urea groups is 1. The van der Waals surface area contributed by atoms with E-state index in [9.17, 15) is 4.79 Å². The van der Waals surface area contributed by atoms with Gasteiger partial charge in [-0.3, -0.25) is 0 Å². The minimum absolute atomic E-state index is 0.158. The molecule has 2 heterocycles. The molecule has 1 aliphatic rings. The SMILES string of the molecule is COc1ccc(-c2nnc(C3CCCN(C(=O)Nc4cc(Cl)ccc4OC)C3)s2)cc1. The number of hydrogen-bond acceptors (Lipinski definition) is 6. The summed E-state index contributed by atoms with van der Waals surface area (Å²) in [4.78, 5) is 14.7. The largest absolute Gasteiger partial charge is 0.497 e. The van der Waals surface area contributed by atoms with Crippen LogP contribution < -0.4 is 14.8 Å². The zero-order valence-electron chi connectivity index (χ0n) is 17.3. The Balaban J connectivity index is 1.44. The molecule has 1 N–H and O–H groups in total. The zero-order valence-corrected chi connectivity index (χ0v) is 18.9. The number of hydrogen-bond donors (Lipinski definition) is 1. The van der Waals surface area contributed by atoms with Gasteiger partial charge in [-0.05, 0) is 55.3 Å². The van der Waals surface area contributed by atoms with Gasteiger partial charge in [-0.25, -0.2) is 4.79 Å². The molecular formula is C22H23ClN4O3S. The number of amides is 2. The minimum atomic E-state index is -0.176. The predicted molar refractivity (Wildman–Crippen MR) is 122 cm³/mol. The summed E-state index contributed by atoms with van der Waals surface area (Å²) in [6, 6.07) is 12.7. The molecular weight excluding hydrogens is 436 g/mol. The van der Waals surface area contributed by atoms with Gasteiger partial charge in [0.15, 0.2) is 0 Å². The molecule has 0 radical (unpaired) electrons. The fourth-order valence-corrected chi connectivity index (χ4v) is 4.73. The van der Waals surface area contributed by atoms with Gasteiger partial charge in [0, 0.05) is 29.6 Å². The lowest BCUT2D eigenvalue weighted by atomic mass is 9.99. The van der Waals surface area contributed by atoms with E-state index in [-0.39, 0.29) is 11.9 Å². The van der Waals surface area contributed by atoms with Gasteiger partial charge < -0.3 is 19.7 Å². The van der Waals surface area contributed by atoms with E-state index in [1.807, 2.05) is 29.2 Å². The lowest BCUT2D eigenvalue weighted by molar-refractivity contribution is 0.192. The van der Waals surface area contributed by atoms with Crippen molar-refractivity contribution in [1.82, 2.24) is 15.1 Å². The van der Waals surface area contributed by atoms with Gasteiger partial charge in [0.2, 0.25) is 0 Å². The number of nitrogens with zero attached hydrogens (tertiary/aromatic N) is 3. The van der Waals surface area contributed by atoms with E-state index in [2.05, 4.69) is 15.5 Å². The standard InChI is InChI=1S/C22H23ClN4O3S/c1-29-17-8-5-14(6-9-17)20-25-26-21(31-20)15-4-3-11-27(13-15)22(28)24-18-12-16(23)7-10-19(18)30-2/h5-10,12,15H,3-4,11,13H2,1-2H3,(H,24,28). The lowest BCUT2D eigenvalue weighted by Crippen LogP contribution is -2.41. The fourth-order valence-electron chi connectivity index (χ4n) is 3.59. The average molecular weight is 459 g/mol. The molecule has 0 aliphatic carbocycles. The second-order valence-corrected chi connectivity index (χ2v) is 8.68. The van der Waals surface area contributed by atoms with Crippen LogP contribution in [0.3, 0.4) is 0 Å². The van der Waals surface area contributed by atoms with Crippen molar-refractivity contribution in [2.45, 2.75) is 18.8 Å². The first kappa shape index (κ1) is 21.4. The Hall–Kier alpha value is -2.84. The number of carbonyl (C=O) groups is 1. The third-order valence-corrected chi connectivity index (χ3v) is 6.61. The highest BCUT2D eigenvalue weighted by atomic mass is 35.5. The molecule has 1 fully saturated rings. The molecule has 1 aliphatic heterocycles. The van der Waals surface area contributed by atoms with E-state index in [4.69, 9.17) is 21.1 Å². The number of methoxy groups -OCH3 is 2. The van der Waals surface area contributed by atoms with Crippen LogP contribution in [0.15, 0.2) is 42.5 Å². The first-order chi connectivity index (χ1) is 15.1. The van der Waals surface area contributed by atoms with Crippen LogP contribution in [0.2, 0.25) is 5.02 Å². The van der Waals surface area contributed by atoms with Crippen molar-refractivity contribution in [2.75, 3.05) is 32.6 Å². The number of likely N-dealkylation sites (tertiary alicyclic amines) is 1. The predicted octanol–water partition coefficient (Wildman–Crippen LogP) is 5.29. The van der Waals surface area contributed by atoms with Crippen molar-refractivity contribution in [2.24, 2.45) is 0 Å². The van der Waals surface area contributed by atoms with Crippen molar-refractivity contribution in [3.63, 3.8) is 0 Å². The Morgan fingerprint density at radius 3 is 2.71 bits per heavy atom. The van der Waals surface area contributed by atoms with Crippen LogP contribution in [-0.4, -0.2) is 48.4 Å². The second kappa shape index (κ2) is 9.53. The monoisotopic (exact) mass is 458 g/mol. The minimum Gasteiger partial charge on any atom is -0.497 e. The Morgan fingerprint density at radius 2 is 1.97 bits per heavy atom. The van der Waals surface area contributed by atoms with Crippen molar-refractivity contribution < 1.29 is 14.3 Å². The molecule has 162 valence electrons. The number of ether oxygens (including phenoxy) is 2. The van der Waals surface area contributed by atoms with E-state index in [0.29, 0.717) is 29.5 Å². The summed E-state index contributed by atoms with van der Waals surface area (Å²) in [5, 5.41) is 14.0. The highest BCUT2D eigenvalue weighted by molar-refractivity contribution is 7.14. The highest BCUT2D eigenvalue weighted by Crippen LogP contribution is 2.34. The van der Waals surface area contributed by atoms with E-state index in [1.54, 1.807) is 43.8 Å². The average Bonchev–Trinajstić information content (AvgIpc) is 3.30. The Morgan fingerprint density at radius 1 is 1.16 bits per heavy atom. The summed E-state index contributed by atoms with van der Waals surface area (Å²) in [7, 11) is 3.21. The molecule has 1 saturated heterocycles. The number of rotatable bonds is 5.